The van der Waals surface area contributed by atoms with Crippen LogP contribution in [0.25, 0.3) is 10.9 Å². The van der Waals surface area contributed by atoms with Gasteiger partial charge in [-0.05, 0) is 55.3 Å². The average molecular weight is 538 g/mol. The molecule has 1 saturated heterocycles. The summed E-state index contributed by atoms with van der Waals surface area (Å²) in [4.78, 5) is 54.9. The molecule has 2 aromatic carbocycles. The fraction of sp³-hybridized carbons (Fsp3) is 0.333. The summed E-state index contributed by atoms with van der Waals surface area (Å²) in [6.07, 6.45) is 3.09. The summed E-state index contributed by atoms with van der Waals surface area (Å²) in [5.41, 5.74) is 1.50. The van der Waals surface area contributed by atoms with Gasteiger partial charge in [0.2, 0.25) is 5.91 Å². The summed E-state index contributed by atoms with van der Waals surface area (Å²) in [5.74, 6) is -2.08. The maximum atomic E-state index is 13.4. The summed E-state index contributed by atoms with van der Waals surface area (Å²) >= 11 is 6.11. The number of aromatic carboxylic acids is 1. The predicted octanol–water partition coefficient (Wildman–Crippen LogP) is 2.93. The van der Waals surface area contributed by atoms with Crippen molar-refractivity contribution in [2.75, 3.05) is 24.5 Å². The minimum absolute atomic E-state index is 0.0160. The summed E-state index contributed by atoms with van der Waals surface area (Å²) in [6, 6.07) is 11.0. The van der Waals surface area contributed by atoms with Gasteiger partial charge in [0.05, 0.1) is 12.1 Å². The van der Waals surface area contributed by atoms with Crippen LogP contribution < -0.4 is 20.9 Å². The smallest absolute Gasteiger partial charge is 0.353 e. The van der Waals surface area contributed by atoms with Gasteiger partial charge < -0.3 is 30.9 Å². The minimum atomic E-state index is -1.25. The van der Waals surface area contributed by atoms with E-state index in [0.29, 0.717) is 47.4 Å². The molecule has 5 N–H and O–H groups in total. The van der Waals surface area contributed by atoms with Gasteiger partial charge in [0.1, 0.15) is 5.69 Å². The van der Waals surface area contributed by atoms with E-state index in [1.54, 1.807) is 47.4 Å². The van der Waals surface area contributed by atoms with Gasteiger partial charge in [0.15, 0.2) is 0 Å². The van der Waals surface area contributed by atoms with Gasteiger partial charge in [-0.2, -0.15) is 0 Å². The van der Waals surface area contributed by atoms with E-state index in [1.165, 1.54) is 0 Å². The number of aromatic amines is 1. The van der Waals surface area contributed by atoms with Crippen LogP contribution >= 0.6 is 11.6 Å². The zero-order valence-corrected chi connectivity index (χ0v) is 21.3. The van der Waals surface area contributed by atoms with E-state index in [2.05, 4.69) is 20.9 Å². The molecule has 1 aliphatic carbocycles. The molecule has 198 valence electrons. The van der Waals surface area contributed by atoms with Crippen LogP contribution in [0.3, 0.4) is 0 Å². The molecule has 11 heteroatoms. The first-order valence-electron chi connectivity index (χ1n) is 12.6. The summed E-state index contributed by atoms with van der Waals surface area (Å²) < 4.78 is 0. The third kappa shape index (κ3) is 5.23. The largest absolute Gasteiger partial charge is 0.477 e. The van der Waals surface area contributed by atoms with Gasteiger partial charge >= 0.3 is 5.97 Å². The highest BCUT2D eigenvalue weighted by molar-refractivity contribution is 6.31. The maximum absolute atomic E-state index is 13.4. The van der Waals surface area contributed by atoms with E-state index in [4.69, 9.17) is 11.6 Å². The van der Waals surface area contributed by atoms with Crippen LogP contribution in [0, 0.1) is 0 Å². The fourth-order valence-electron chi connectivity index (χ4n) is 5.20. The van der Waals surface area contributed by atoms with Crippen molar-refractivity contribution in [2.24, 2.45) is 0 Å². The van der Waals surface area contributed by atoms with E-state index in [1.807, 2.05) is 0 Å². The Kier molecular flexibility index (Phi) is 7.35. The standard InChI is InChI=1S/C27H28ClN5O5/c28-16-7-10-19-18(13-16)23(24(30-19)27(37)38)26(36)32-21-4-2-1-3-20(21)31-25(35)15-5-8-17(9-6-15)33-12-11-29-14-22(33)34/h5-10,13,20-21,29-30H,1-4,11-12,14H2,(H,31,35)(H,32,36)(H,37,38). The molecule has 0 radical (unpaired) electrons. The van der Waals surface area contributed by atoms with Crippen LogP contribution in [0.1, 0.15) is 56.9 Å². The number of carbonyl (C=O) groups excluding carboxylic acids is 3. The first-order valence-corrected chi connectivity index (χ1v) is 13.0. The normalized spacial score (nSPS) is 19.8. The number of anilines is 1. The Morgan fingerprint density at radius 3 is 2.32 bits per heavy atom. The van der Waals surface area contributed by atoms with E-state index >= 15 is 0 Å². The summed E-state index contributed by atoms with van der Waals surface area (Å²) in [7, 11) is 0. The number of hydrogen-bond donors (Lipinski definition) is 5. The number of piperazine rings is 1. The number of carboxylic acid groups (broad SMARTS) is 1. The van der Waals surface area contributed by atoms with Crippen molar-refractivity contribution >= 4 is 51.9 Å². The summed E-state index contributed by atoms with van der Waals surface area (Å²) in [6.45, 7) is 1.57. The van der Waals surface area contributed by atoms with E-state index < -0.39 is 11.9 Å². The molecule has 2 atom stereocenters. The monoisotopic (exact) mass is 537 g/mol. The maximum Gasteiger partial charge on any atom is 0.353 e. The second-order valence-electron chi connectivity index (χ2n) is 9.58. The molecule has 0 bridgehead atoms. The van der Waals surface area contributed by atoms with Gasteiger partial charge in [-0.15, -0.1) is 0 Å². The number of carboxylic acids is 1. The molecule has 5 rings (SSSR count). The predicted molar refractivity (Wildman–Crippen MR) is 143 cm³/mol. The van der Waals surface area contributed by atoms with E-state index in [9.17, 15) is 24.3 Å². The van der Waals surface area contributed by atoms with Crippen LogP contribution in [-0.4, -0.2) is 65.5 Å². The average Bonchev–Trinajstić information content (AvgIpc) is 3.29. The zero-order valence-electron chi connectivity index (χ0n) is 20.6. The molecule has 1 aliphatic heterocycles. The molecular weight excluding hydrogens is 510 g/mol. The van der Waals surface area contributed by atoms with Crippen LogP contribution in [0.4, 0.5) is 5.69 Å². The first-order chi connectivity index (χ1) is 18.3. The number of rotatable bonds is 6. The van der Waals surface area contributed by atoms with Crippen LogP contribution in [0.2, 0.25) is 5.02 Å². The van der Waals surface area contributed by atoms with Crippen molar-refractivity contribution in [1.29, 1.82) is 0 Å². The van der Waals surface area contributed by atoms with E-state index in [-0.39, 0.29) is 41.7 Å². The Balaban J connectivity index is 1.30. The lowest BCUT2D eigenvalue weighted by Gasteiger charge is -2.33. The van der Waals surface area contributed by atoms with E-state index in [0.717, 1.165) is 18.5 Å². The molecule has 3 aromatic rings. The van der Waals surface area contributed by atoms with Gasteiger partial charge in [0.25, 0.3) is 11.8 Å². The molecule has 2 unspecified atom stereocenters. The number of nitrogens with zero attached hydrogens (tertiary/aromatic N) is 1. The highest BCUT2D eigenvalue weighted by Crippen LogP contribution is 2.27. The number of hydrogen-bond acceptors (Lipinski definition) is 5. The summed E-state index contributed by atoms with van der Waals surface area (Å²) in [5, 5.41) is 19.5. The highest BCUT2D eigenvalue weighted by Gasteiger charge is 2.31. The number of H-pyrrole nitrogens is 1. The second kappa shape index (κ2) is 10.8. The second-order valence-corrected chi connectivity index (χ2v) is 10.0. The van der Waals surface area contributed by atoms with Crippen molar-refractivity contribution in [3.8, 4) is 0 Å². The molecule has 2 heterocycles. The molecule has 0 spiro atoms. The lowest BCUT2D eigenvalue weighted by Crippen LogP contribution is -2.53. The number of aromatic nitrogens is 1. The lowest BCUT2D eigenvalue weighted by atomic mass is 9.89. The Bertz CT molecular complexity index is 1400. The number of halogens is 1. The van der Waals surface area contributed by atoms with Crippen LogP contribution in [-0.2, 0) is 4.79 Å². The van der Waals surface area contributed by atoms with Gasteiger partial charge in [-0.25, -0.2) is 4.79 Å². The Labute approximate surface area is 223 Å². The Hall–Kier alpha value is -3.89. The molecule has 2 aliphatic rings. The molecule has 2 fully saturated rings. The molecule has 3 amide bonds. The highest BCUT2D eigenvalue weighted by atomic mass is 35.5. The van der Waals surface area contributed by atoms with Crippen molar-refractivity contribution < 1.29 is 24.3 Å². The third-order valence-corrected chi connectivity index (χ3v) is 7.37. The number of nitrogens with one attached hydrogen (secondary N) is 4. The quantitative estimate of drug-likeness (QED) is 0.327. The van der Waals surface area contributed by atoms with Crippen molar-refractivity contribution in [3.05, 3.63) is 64.3 Å². The fourth-order valence-corrected chi connectivity index (χ4v) is 5.37. The molecular formula is C27H28ClN5O5. The third-order valence-electron chi connectivity index (χ3n) is 7.13. The number of carbonyl (C=O) groups is 4. The van der Waals surface area contributed by atoms with Crippen molar-refractivity contribution in [2.45, 2.75) is 37.8 Å². The molecule has 38 heavy (non-hydrogen) atoms. The van der Waals surface area contributed by atoms with Gasteiger partial charge in [-0.3, -0.25) is 14.4 Å². The van der Waals surface area contributed by atoms with Crippen LogP contribution in [0.15, 0.2) is 42.5 Å². The SMILES string of the molecule is O=C(NC1CCCCC1NC(=O)c1c(C(=O)O)[nH]c2ccc(Cl)cc12)c1ccc(N2CCNCC2=O)cc1. The number of benzene rings is 2. The van der Waals surface area contributed by atoms with Crippen LogP contribution in [0.5, 0.6) is 0 Å². The number of fused-ring (bicyclic) bond motifs is 1. The minimum Gasteiger partial charge on any atom is -0.477 e. The van der Waals surface area contributed by atoms with Gasteiger partial charge in [-0.1, -0.05) is 24.4 Å². The zero-order chi connectivity index (χ0) is 26.8. The topological polar surface area (TPSA) is 144 Å². The Morgan fingerprint density at radius 1 is 0.974 bits per heavy atom. The molecule has 1 saturated carbocycles. The molecule has 10 nitrogen and oxygen atoms in total. The number of amides is 3. The first kappa shape index (κ1) is 25.7. The lowest BCUT2D eigenvalue weighted by molar-refractivity contribution is -0.118. The molecule has 1 aromatic heterocycles. The van der Waals surface area contributed by atoms with Gasteiger partial charge in [0, 0.05) is 52.3 Å². The van der Waals surface area contributed by atoms with Crippen molar-refractivity contribution in [3.63, 3.8) is 0 Å². The van der Waals surface area contributed by atoms with Crippen molar-refractivity contribution in [1.82, 2.24) is 20.9 Å². The Morgan fingerprint density at radius 2 is 1.66 bits per heavy atom.